The molecule has 0 spiro atoms. The molecule has 4 nitrogen and oxygen atoms in total. The lowest BCUT2D eigenvalue weighted by Gasteiger charge is -2.38. The molecule has 0 radical (unpaired) electrons. The third-order valence-corrected chi connectivity index (χ3v) is 13.2. The summed E-state index contributed by atoms with van der Waals surface area (Å²) in [7, 11) is -6.56. The van der Waals surface area contributed by atoms with Gasteiger partial charge in [0.15, 0.2) is 5.75 Å². The normalized spacial score (nSPS) is 12.9. The van der Waals surface area contributed by atoms with Crippen LogP contribution in [0.3, 0.4) is 0 Å². The van der Waals surface area contributed by atoms with Gasteiger partial charge in [-0.05, 0) is 34.8 Å². The Morgan fingerprint density at radius 1 is 0.906 bits per heavy atom. The Balaban J connectivity index is 2.84. The molecule has 0 N–H and O–H groups in total. The van der Waals surface area contributed by atoms with Gasteiger partial charge in [0.05, 0.1) is 7.11 Å². The lowest BCUT2D eigenvalue weighted by atomic mass is 10.0. The first-order valence-corrected chi connectivity index (χ1v) is 14.0. The van der Waals surface area contributed by atoms with Gasteiger partial charge in [0.25, 0.3) is 0 Å². The van der Waals surface area contributed by atoms with E-state index in [4.69, 9.17) is 4.74 Å². The molecule has 0 heterocycles. The fraction of sp³-hybridized carbons (Fsp3) is 0.478. The molecule has 9 heteroatoms. The Bertz CT molecular complexity index is 1120. The molecule has 0 unspecified atom stereocenters. The molecule has 0 aromatic heterocycles. The number of benzene rings is 2. The second-order valence-corrected chi connectivity index (χ2v) is 15.7. The maximum atomic E-state index is 13.0. The summed E-state index contributed by atoms with van der Waals surface area (Å²) < 4.78 is 72.2. The molecule has 2 rings (SSSR count). The number of alkyl halides is 3. The topological polar surface area (TPSA) is 52.6 Å². The van der Waals surface area contributed by atoms with Crippen LogP contribution in [0.4, 0.5) is 13.2 Å². The van der Waals surface area contributed by atoms with Crippen molar-refractivity contribution in [2.24, 2.45) is 0 Å². The van der Waals surface area contributed by atoms with Crippen molar-refractivity contribution in [3.8, 4) is 23.0 Å². The Labute approximate surface area is 189 Å². The number of halogens is 3. The molecule has 0 fully saturated rings. The predicted molar refractivity (Wildman–Crippen MR) is 124 cm³/mol. The van der Waals surface area contributed by atoms with Crippen molar-refractivity contribution in [3.05, 3.63) is 35.9 Å². The van der Waals surface area contributed by atoms with Crippen LogP contribution in [0.5, 0.6) is 11.5 Å². The summed E-state index contributed by atoms with van der Waals surface area (Å²) in [5.74, 6) is 3.13. The summed E-state index contributed by atoms with van der Waals surface area (Å²) in [6.45, 7) is 12.9. The minimum Gasteiger partial charge on any atom is -0.496 e. The maximum absolute atomic E-state index is 13.0. The first-order valence-electron chi connectivity index (χ1n) is 10.3. The average Bonchev–Trinajstić information content (AvgIpc) is 2.66. The first kappa shape index (κ1) is 26.1. The molecule has 2 aromatic carbocycles. The van der Waals surface area contributed by atoms with Gasteiger partial charge in [-0.25, -0.2) is 0 Å². The zero-order valence-corrected chi connectivity index (χ0v) is 21.1. The molecular weight excluding hydrogens is 457 g/mol. The second kappa shape index (κ2) is 9.36. The number of ether oxygens (including phenoxy) is 1. The van der Waals surface area contributed by atoms with Gasteiger partial charge < -0.3 is 8.92 Å². The van der Waals surface area contributed by atoms with E-state index in [0.29, 0.717) is 33.3 Å². The monoisotopic (exact) mass is 486 g/mol. The number of fused-ring (bicyclic) bond motifs is 1. The van der Waals surface area contributed by atoms with E-state index in [-0.39, 0.29) is 5.39 Å². The van der Waals surface area contributed by atoms with E-state index in [2.05, 4.69) is 57.2 Å². The molecule has 0 aliphatic carbocycles. The van der Waals surface area contributed by atoms with Crippen LogP contribution in [0.25, 0.3) is 10.8 Å². The van der Waals surface area contributed by atoms with Crippen molar-refractivity contribution < 1.29 is 30.5 Å². The van der Waals surface area contributed by atoms with Crippen molar-refractivity contribution in [1.29, 1.82) is 0 Å². The number of hydrogen-bond acceptors (Lipinski definition) is 4. The fourth-order valence-electron chi connectivity index (χ4n) is 4.47. The van der Waals surface area contributed by atoms with Gasteiger partial charge in [-0.15, -0.1) is 5.54 Å². The maximum Gasteiger partial charge on any atom is 0.534 e. The van der Waals surface area contributed by atoms with Gasteiger partial charge in [-0.1, -0.05) is 59.6 Å². The Morgan fingerprint density at radius 3 is 1.91 bits per heavy atom. The predicted octanol–water partition coefficient (Wildman–Crippen LogP) is 6.65. The van der Waals surface area contributed by atoms with Crippen molar-refractivity contribution in [2.75, 3.05) is 7.11 Å². The molecule has 0 atom stereocenters. The van der Waals surface area contributed by atoms with E-state index in [0.717, 1.165) is 6.07 Å². The van der Waals surface area contributed by atoms with E-state index in [1.807, 2.05) is 0 Å². The average molecular weight is 487 g/mol. The fourth-order valence-corrected chi connectivity index (χ4v) is 10.2. The van der Waals surface area contributed by atoms with Gasteiger partial charge >= 0.3 is 15.6 Å². The van der Waals surface area contributed by atoms with Crippen LogP contribution >= 0.6 is 0 Å². The van der Waals surface area contributed by atoms with E-state index < -0.39 is 29.4 Å². The molecule has 0 bridgehead atoms. The molecule has 32 heavy (non-hydrogen) atoms. The Kier molecular flexibility index (Phi) is 7.62. The van der Waals surface area contributed by atoms with Gasteiger partial charge in [0.2, 0.25) is 0 Å². The lowest BCUT2D eigenvalue weighted by molar-refractivity contribution is -0.0499. The van der Waals surface area contributed by atoms with Gasteiger partial charge in [-0.2, -0.15) is 21.6 Å². The number of methoxy groups -OCH3 is 1. The molecule has 176 valence electrons. The highest BCUT2D eigenvalue weighted by atomic mass is 32.2. The number of hydrogen-bond donors (Lipinski definition) is 0. The van der Waals surface area contributed by atoms with E-state index >= 15 is 0 Å². The van der Waals surface area contributed by atoms with Crippen LogP contribution in [-0.4, -0.2) is 29.1 Å². The van der Waals surface area contributed by atoms with Crippen molar-refractivity contribution >= 4 is 29.0 Å². The molecule has 2 aromatic rings. The van der Waals surface area contributed by atoms with Crippen molar-refractivity contribution in [3.63, 3.8) is 0 Å². The first-order chi connectivity index (χ1) is 14.7. The third kappa shape index (κ3) is 4.76. The Hall–Kier alpha value is -2.18. The minimum absolute atomic E-state index is 0.173. The van der Waals surface area contributed by atoms with Crippen molar-refractivity contribution in [1.82, 2.24) is 0 Å². The van der Waals surface area contributed by atoms with Crippen LogP contribution in [-0.2, 0) is 10.1 Å². The lowest BCUT2D eigenvalue weighted by Crippen LogP contribution is -2.43. The van der Waals surface area contributed by atoms with Gasteiger partial charge in [0, 0.05) is 16.3 Å². The summed E-state index contributed by atoms with van der Waals surface area (Å²) in [6.07, 6.45) is 0. The highest BCUT2D eigenvalue weighted by Crippen LogP contribution is 2.42. The summed E-state index contributed by atoms with van der Waals surface area (Å²) in [6, 6.07) is 7.52. The molecule has 0 aliphatic heterocycles. The van der Waals surface area contributed by atoms with Gasteiger partial charge in [0.1, 0.15) is 13.8 Å². The largest absolute Gasteiger partial charge is 0.534 e. The zero-order valence-electron chi connectivity index (χ0n) is 19.3. The molecular formula is C23H29F3O4SSi. The van der Waals surface area contributed by atoms with E-state index in [1.165, 1.54) is 13.2 Å². The van der Waals surface area contributed by atoms with Gasteiger partial charge in [-0.3, -0.25) is 0 Å². The highest BCUT2D eigenvalue weighted by Gasteiger charge is 2.49. The molecule has 0 saturated heterocycles. The summed E-state index contributed by atoms with van der Waals surface area (Å²) >= 11 is 0. The summed E-state index contributed by atoms with van der Waals surface area (Å²) in [4.78, 5) is 0. The van der Waals surface area contributed by atoms with E-state index in [9.17, 15) is 21.6 Å². The summed E-state index contributed by atoms with van der Waals surface area (Å²) in [5.41, 5.74) is -0.588. The molecule has 0 amide bonds. The van der Waals surface area contributed by atoms with Crippen LogP contribution in [0.15, 0.2) is 30.3 Å². The second-order valence-electron chi connectivity index (χ2n) is 8.62. The molecule has 0 saturated carbocycles. The zero-order chi connectivity index (χ0) is 24.5. The SMILES string of the molecule is COc1ccc(OS(=O)(=O)C(F)(F)F)c2c(C#C[Si](C(C)C)(C(C)C)C(C)C)cccc12. The number of rotatable bonds is 6. The van der Waals surface area contributed by atoms with Crippen LogP contribution in [0, 0.1) is 11.5 Å². The van der Waals surface area contributed by atoms with Crippen LogP contribution in [0.2, 0.25) is 16.6 Å². The van der Waals surface area contributed by atoms with Crippen molar-refractivity contribution in [2.45, 2.75) is 63.7 Å². The summed E-state index contributed by atoms with van der Waals surface area (Å²) in [5, 5.41) is 0.589. The van der Waals surface area contributed by atoms with Crippen LogP contribution in [0.1, 0.15) is 47.1 Å². The quantitative estimate of drug-likeness (QED) is 0.199. The smallest absolute Gasteiger partial charge is 0.496 e. The van der Waals surface area contributed by atoms with Crippen LogP contribution < -0.4 is 8.92 Å². The standard InChI is InChI=1S/C23H29F3O4SSi/c1-15(2)32(16(3)4,17(5)6)14-13-18-9-8-10-19-20(29-7)11-12-21(22(18)19)30-31(27,28)23(24,25)26/h8-12,15-17H,1-7H3. The highest BCUT2D eigenvalue weighted by molar-refractivity contribution is 7.88. The van der Waals surface area contributed by atoms with E-state index in [1.54, 1.807) is 18.2 Å². The Morgan fingerprint density at radius 2 is 1.44 bits per heavy atom. The minimum atomic E-state index is -5.84. The third-order valence-electron chi connectivity index (χ3n) is 5.94. The molecule has 0 aliphatic rings.